The van der Waals surface area contributed by atoms with Crippen molar-refractivity contribution in [2.24, 2.45) is 0 Å². The number of hydrogen-bond acceptors (Lipinski definition) is 4. The Labute approximate surface area is 189 Å². The van der Waals surface area contributed by atoms with Gasteiger partial charge in [-0.25, -0.2) is 0 Å². The summed E-state index contributed by atoms with van der Waals surface area (Å²) in [6.45, 7) is 6.67. The number of nitrogens with one attached hydrogen (secondary N) is 1. The molecule has 0 saturated carbocycles. The lowest BCUT2D eigenvalue weighted by Crippen LogP contribution is -2.49. The molecule has 0 unspecified atom stereocenters. The topological polar surface area (TPSA) is 61.9 Å². The van der Waals surface area contributed by atoms with Crippen molar-refractivity contribution >= 4 is 23.4 Å². The number of carbonyl (C=O) groups is 2. The average Bonchev–Trinajstić information content (AvgIpc) is 2.79. The standard InChI is InChI=1S/C24H30ClN3O3/c1-19(24(30)26-11-12-27-13-15-31-16-14-27)28(18-21-7-9-22(25)10-8-21)23(29)17-20-5-3-2-4-6-20/h2-10,19H,11-18H2,1H3,(H,26,30)/t19-/m0/s1. The van der Waals surface area contributed by atoms with Gasteiger partial charge >= 0.3 is 0 Å². The molecule has 1 saturated heterocycles. The third-order valence-electron chi connectivity index (χ3n) is 5.46. The zero-order valence-corrected chi connectivity index (χ0v) is 18.7. The van der Waals surface area contributed by atoms with Crippen LogP contribution < -0.4 is 5.32 Å². The molecule has 1 fully saturated rings. The first kappa shape index (κ1) is 23.3. The van der Waals surface area contributed by atoms with E-state index in [1.165, 1.54) is 0 Å². The molecule has 1 N–H and O–H groups in total. The van der Waals surface area contributed by atoms with Crippen LogP contribution >= 0.6 is 11.6 Å². The minimum Gasteiger partial charge on any atom is -0.379 e. The molecule has 2 amide bonds. The maximum atomic E-state index is 13.1. The van der Waals surface area contributed by atoms with Crippen LogP contribution in [0.3, 0.4) is 0 Å². The molecule has 31 heavy (non-hydrogen) atoms. The van der Waals surface area contributed by atoms with E-state index in [9.17, 15) is 9.59 Å². The molecule has 7 heteroatoms. The van der Waals surface area contributed by atoms with Crippen LogP contribution in [0.1, 0.15) is 18.1 Å². The zero-order chi connectivity index (χ0) is 22.1. The fraction of sp³-hybridized carbons (Fsp3) is 0.417. The van der Waals surface area contributed by atoms with Crippen molar-refractivity contribution in [1.29, 1.82) is 0 Å². The molecule has 0 aromatic heterocycles. The number of halogens is 1. The number of amides is 2. The molecule has 6 nitrogen and oxygen atoms in total. The number of nitrogens with zero attached hydrogens (tertiary/aromatic N) is 2. The second-order valence-electron chi connectivity index (χ2n) is 7.73. The Hall–Kier alpha value is -2.41. The minimum absolute atomic E-state index is 0.0861. The Kier molecular flexibility index (Phi) is 8.88. The number of rotatable bonds is 9. The van der Waals surface area contributed by atoms with Crippen LogP contribution in [0.2, 0.25) is 5.02 Å². The van der Waals surface area contributed by atoms with Crippen LogP contribution in [-0.2, 0) is 27.3 Å². The molecule has 1 aliphatic heterocycles. The van der Waals surface area contributed by atoms with Gasteiger partial charge < -0.3 is 15.0 Å². The van der Waals surface area contributed by atoms with Crippen molar-refractivity contribution < 1.29 is 14.3 Å². The number of morpholine rings is 1. The molecule has 1 aliphatic rings. The van der Waals surface area contributed by atoms with Gasteiger partial charge in [-0.3, -0.25) is 14.5 Å². The largest absolute Gasteiger partial charge is 0.379 e. The van der Waals surface area contributed by atoms with Crippen molar-refractivity contribution in [3.05, 3.63) is 70.7 Å². The van der Waals surface area contributed by atoms with Crippen molar-refractivity contribution in [2.75, 3.05) is 39.4 Å². The lowest BCUT2D eigenvalue weighted by Gasteiger charge is -2.30. The number of benzene rings is 2. The average molecular weight is 444 g/mol. The van der Waals surface area contributed by atoms with Gasteiger partial charge in [0.2, 0.25) is 11.8 Å². The Morgan fingerprint density at radius 3 is 2.42 bits per heavy atom. The summed E-state index contributed by atoms with van der Waals surface area (Å²) in [4.78, 5) is 29.9. The van der Waals surface area contributed by atoms with Crippen LogP contribution in [-0.4, -0.2) is 67.0 Å². The van der Waals surface area contributed by atoms with Gasteiger partial charge in [0, 0.05) is 37.7 Å². The smallest absolute Gasteiger partial charge is 0.242 e. The lowest BCUT2D eigenvalue weighted by atomic mass is 10.1. The van der Waals surface area contributed by atoms with Gasteiger partial charge in [-0.2, -0.15) is 0 Å². The summed E-state index contributed by atoms with van der Waals surface area (Å²) in [5.41, 5.74) is 1.85. The highest BCUT2D eigenvalue weighted by Gasteiger charge is 2.26. The van der Waals surface area contributed by atoms with Gasteiger partial charge in [0.1, 0.15) is 6.04 Å². The first-order valence-corrected chi connectivity index (χ1v) is 11.1. The Bertz CT molecular complexity index is 839. The second-order valence-corrected chi connectivity index (χ2v) is 8.17. The van der Waals surface area contributed by atoms with Gasteiger partial charge in [0.15, 0.2) is 0 Å². The SMILES string of the molecule is C[C@@H](C(=O)NCCN1CCOCC1)N(Cc1ccc(Cl)cc1)C(=O)Cc1ccccc1. The molecule has 1 heterocycles. The van der Waals surface area contributed by atoms with E-state index in [0.717, 1.165) is 44.0 Å². The van der Waals surface area contributed by atoms with Crippen LogP contribution in [0.25, 0.3) is 0 Å². The first-order chi connectivity index (χ1) is 15.0. The Balaban J connectivity index is 1.63. The predicted octanol–water partition coefficient (Wildman–Crippen LogP) is 2.75. The normalized spacial score (nSPS) is 15.3. The molecule has 3 rings (SSSR count). The van der Waals surface area contributed by atoms with Gasteiger partial charge in [0.25, 0.3) is 0 Å². The molecule has 166 valence electrons. The zero-order valence-electron chi connectivity index (χ0n) is 17.9. The number of hydrogen-bond donors (Lipinski definition) is 1. The summed E-state index contributed by atoms with van der Waals surface area (Å²) in [7, 11) is 0. The van der Waals surface area contributed by atoms with Gasteiger partial charge in [-0.15, -0.1) is 0 Å². The summed E-state index contributed by atoms with van der Waals surface area (Å²) in [5.74, 6) is -0.236. The van der Waals surface area contributed by atoms with Gasteiger partial charge in [0.05, 0.1) is 19.6 Å². The van der Waals surface area contributed by atoms with Crippen LogP contribution in [0.5, 0.6) is 0 Å². The summed E-state index contributed by atoms with van der Waals surface area (Å²) >= 11 is 6.00. The van der Waals surface area contributed by atoms with Crippen molar-refractivity contribution in [2.45, 2.75) is 25.9 Å². The maximum absolute atomic E-state index is 13.1. The summed E-state index contributed by atoms with van der Waals surface area (Å²) in [6.07, 6.45) is 0.250. The van der Waals surface area contributed by atoms with E-state index in [0.29, 0.717) is 18.1 Å². The van der Waals surface area contributed by atoms with Crippen LogP contribution in [0.4, 0.5) is 0 Å². The molecule has 2 aromatic rings. The molecule has 0 radical (unpaired) electrons. The van der Waals surface area contributed by atoms with Crippen LogP contribution in [0.15, 0.2) is 54.6 Å². The highest BCUT2D eigenvalue weighted by molar-refractivity contribution is 6.30. The molecular formula is C24H30ClN3O3. The van der Waals surface area contributed by atoms with Crippen molar-refractivity contribution in [1.82, 2.24) is 15.1 Å². The van der Waals surface area contributed by atoms with E-state index in [1.54, 1.807) is 24.0 Å². The molecule has 2 aromatic carbocycles. The Morgan fingerprint density at radius 2 is 1.74 bits per heavy atom. The van der Waals surface area contributed by atoms with Gasteiger partial charge in [-0.1, -0.05) is 54.1 Å². The fourth-order valence-corrected chi connectivity index (χ4v) is 3.68. The summed E-state index contributed by atoms with van der Waals surface area (Å²) in [5, 5.41) is 3.63. The van der Waals surface area contributed by atoms with E-state index in [1.807, 2.05) is 42.5 Å². The molecule has 0 spiro atoms. The Morgan fingerprint density at radius 1 is 1.06 bits per heavy atom. The maximum Gasteiger partial charge on any atom is 0.242 e. The number of ether oxygens (including phenoxy) is 1. The molecular weight excluding hydrogens is 414 g/mol. The van der Waals surface area contributed by atoms with E-state index in [2.05, 4.69) is 10.2 Å². The molecule has 0 aliphatic carbocycles. The summed E-state index contributed by atoms with van der Waals surface area (Å²) < 4.78 is 5.35. The predicted molar refractivity (Wildman–Crippen MR) is 122 cm³/mol. The van der Waals surface area contributed by atoms with E-state index >= 15 is 0 Å². The third kappa shape index (κ3) is 7.35. The fourth-order valence-electron chi connectivity index (χ4n) is 3.55. The monoisotopic (exact) mass is 443 g/mol. The highest BCUT2D eigenvalue weighted by Crippen LogP contribution is 2.15. The molecule has 1 atom stereocenters. The van der Waals surface area contributed by atoms with Gasteiger partial charge in [-0.05, 0) is 30.2 Å². The second kappa shape index (κ2) is 11.8. The first-order valence-electron chi connectivity index (χ1n) is 10.7. The quantitative estimate of drug-likeness (QED) is 0.647. The van der Waals surface area contributed by atoms with E-state index in [-0.39, 0.29) is 18.2 Å². The van der Waals surface area contributed by atoms with E-state index < -0.39 is 6.04 Å². The lowest BCUT2D eigenvalue weighted by molar-refractivity contribution is -0.140. The van der Waals surface area contributed by atoms with Crippen molar-refractivity contribution in [3.8, 4) is 0 Å². The van der Waals surface area contributed by atoms with Crippen LogP contribution in [0, 0.1) is 0 Å². The molecule has 0 bridgehead atoms. The highest BCUT2D eigenvalue weighted by atomic mass is 35.5. The third-order valence-corrected chi connectivity index (χ3v) is 5.71. The van der Waals surface area contributed by atoms with Crippen molar-refractivity contribution in [3.63, 3.8) is 0 Å². The number of carbonyl (C=O) groups excluding carboxylic acids is 2. The summed E-state index contributed by atoms with van der Waals surface area (Å²) in [6, 6.07) is 16.4. The van der Waals surface area contributed by atoms with E-state index in [4.69, 9.17) is 16.3 Å². The minimum atomic E-state index is -0.587.